The highest BCUT2D eigenvalue weighted by molar-refractivity contribution is 5.89. The summed E-state index contributed by atoms with van der Waals surface area (Å²) in [6.45, 7) is 5.52. The molecule has 7 nitrogen and oxygen atoms in total. The zero-order chi connectivity index (χ0) is 19.7. The summed E-state index contributed by atoms with van der Waals surface area (Å²) >= 11 is 0. The summed E-state index contributed by atoms with van der Waals surface area (Å²) in [5.41, 5.74) is 6.89. The molecule has 1 aromatic carbocycles. The van der Waals surface area contributed by atoms with Crippen LogP contribution in [0.15, 0.2) is 30.4 Å². The maximum absolute atomic E-state index is 12.5. The molecule has 0 aliphatic heterocycles. The number of benzene rings is 1. The fourth-order valence-corrected chi connectivity index (χ4v) is 3.87. The predicted octanol–water partition coefficient (Wildman–Crippen LogP) is 1.74. The van der Waals surface area contributed by atoms with Crippen molar-refractivity contribution in [2.45, 2.75) is 33.3 Å². The van der Waals surface area contributed by atoms with Gasteiger partial charge in [0.1, 0.15) is 5.75 Å². The molecule has 1 fully saturated rings. The van der Waals surface area contributed by atoms with Gasteiger partial charge in [-0.05, 0) is 62.3 Å². The van der Waals surface area contributed by atoms with E-state index in [1.807, 2.05) is 38.1 Å². The third-order valence-electron chi connectivity index (χ3n) is 5.52. The van der Waals surface area contributed by atoms with E-state index < -0.39 is 35.7 Å². The summed E-state index contributed by atoms with van der Waals surface area (Å²) in [6.07, 6.45) is 3.60. The van der Waals surface area contributed by atoms with E-state index in [0.29, 0.717) is 12.2 Å². The minimum absolute atomic E-state index is 0.0998. The number of carbonyl (C=O) groups is 3. The van der Waals surface area contributed by atoms with E-state index >= 15 is 0 Å². The molecule has 0 radical (unpaired) electrons. The summed E-state index contributed by atoms with van der Waals surface area (Å²) in [5, 5.41) is 9.41. The Bertz CT molecular complexity index is 804. The first kappa shape index (κ1) is 18.9. The first-order valence-corrected chi connectivity index (χ1v) is 9.02. The average molecular weight is 372 g/mol. The quantitative estimate of drug-likeness (QED) is 0.539. The average Bonchev–Trinajstić information content (AvgIpc) is 3.23. The summed E-state index contributed by atoms with van der Waals surface area (Å²) in [5.74, 6) is -3.04. The lowest BCUT2D eigenvalue weighted by atomic mass is 9.82. The monoisotopic (exact) mass is 372 g/mol. The van der Waals surface area contributed by atoms with E-state index in [1.165, 1.54) is 0 Å². The molecule has 3 rings (SSSR count). The number of aliphatic carboxylic acids is 1. The van der Waals surface area contributed by atoms with Crippen molar-refractivity contribution in [1.29, 1.82) is 0 Å². The van der Waals surface area contributed by atoms with Gasteiger partial charge < -0.3 is 9.84 Å². The maximum atomic E-state index is 12.5. The Kier molecular flexibility index (Phi) is 5.21. The van der Waals surface area contributed by atoms with E-state index in [4.69, 9.17) is 4.74 Å². The number of carboxylic acid groups (broad SMARTS) is 1. The van der Waals surface area contributed by atoms with Crippen LogP contribution in [0.4, 0.5) is 0 Å². The van der Waals surface area contributed by atoms with Gasteiger partial charge in [-0.2, -0.15) is 0 Å². The van der Waals surface area contributed by atoms with Gasteiger partial charge in [-0.25, -0.2) is 0 Å². The number of fused-ring (bicyclic) bond motifs is 2. The number of carbonyl (C=O) groups excluding carboxylic acids is 2. The van der Waals surface area contributed by atoms with Crippen molar-refractivity contribution in [3.8, 4) is 5.75 Å². The van der Waals surface area contributed by atoms with Gasteiger partial charge >= 0.3 is 5.97 Å². The van der Waals surface area contributed by atoms with E-state index in [9.17, 15) is 19.5 Å². The molecule has 2 amide bonds. The Labute approximate surface area is 157 Å². The smallest absolute Gasteiger partial charge is 0.307 e. The number of ether oxygens (including phenoxy) is 1. The summed E-state index contributed by atoms with van der Waals surface area (Å²) in [7, 11) is 0. The van der Waals surface area contributed by atoms with E-state index in [1.54, 1.807) is 13.0 Å². The third kappa shape index (κ3) is 3.82. The molecule has 5 atom stereocenters. The van der Waals surface area contributed by atoms with Crippen molar-refractivity contribution in [1.82, 2.24) is 10.9 Å². The number of hydrogen-bond acceptors (Lipinski definition) is 4. The van der Waals surface area contributed by atoms with Gasteiger partial charge in [0.25, 0.3) is 5.91 Å². The minimum atomic E-state index is -0.982. The number of nitrogens with one attached hydrogen (secondary N) is 2. The van der Waals surface area contributed by atoms with Crippen LogP contribution in [0.2, 0.25) is 0 Å². The summed E-state index contributed by atoms with van der Waals surface area (Å²) in [4.78, 5) is 36.2. The Morgan fingerprint density at radius 1 is 1.07 bits per heavy atom. The standard InChI is InChI=1S/C20H24N2O5/c1-10-4-7-15(8-11(10)2)27-12(3)18(23)21-22-19(24)16-13-5-6-14(9-13)17(16)20(25)26/h4-8,12-14,16-17H,9H2,1-3H3,(H,21,23)(H,22,24)(H,25,26)/t12-,13+,14+,16-,17-/m1/s1. The molecule has 0 heterocycles. The van der Waals surface area contributed by atoms with Crippen LogP contribution in [0.1, 0.15) is 24.5 Å². The molecule has 1 aromatic rings. The zero-order valence-electron chi connectivity index (χ0n) is 15.6. The van der Waals surface area contributed by atoms with E-state index in [2.05, 4.69) is 10.9 Å². The Morgan fingerprint density at radius 2 is 1.74 bits per heavy atom. The molecule has 0 saturated heterocycles. The molecule has 2 aliphatic carbocycles. The van der Waals surface area contributed by atoms with Gasteiger partial charge in [-0.15, -0.1) is 0 Å². The largest absolute Gasteiger partial charge is 0.481 e. The number of allylic oxidation sites excluding steroid dienone is 2. The number of hydrogen-bond donors (Lipinski definition) is 3. The molecule has 0 aromatic heterocycles. The van der Waals surface area contributed by atoms with Gasteiger partial charge in [0.15, 0.2) is 6.10 Å². The van der Waals surface area contributed by atoms with Crippen molar-refractivity contribution in [3.05, 3.63) is 41.5 Å². The Balaban J connectivity index is 1.55. The molecule has 144 valence electrons. The lowest BCUT2D eigenvalue weighted by Gasteiger charge is -2.24. The molecule has 1 saturated carbocycles. The van der Waals surface area contributed by atoms with Crippen LogP contribution in [0.25, 0.3) is 0 Å². The number of amides is 2. The fraction of sp³-hybridized carbons (Fsp3) is 0.450. The highest BCUT2D eigenvalue weighted by atomic mass is 16.5. The predicted molar refractivity (Wildman–Crippen MR) is 97.6 cm³/mol. The molecule has 7 heteroatoms. The molecular formula is C20H24N2O5. The van der Waals surface area contributed by atoms with Crippen molar-refractivity contribution < 1.29 is 24.2 Å². The maximum Gasteiger partial charge on any atom is 0.307 e. The fourth-order valence-electron chi connectivity index (χ4n) is 3.87. The molecular weight excluding hydrogens is 348 g/mol. The molecule has 3 N–H and O–H groups in total. The lowest BCUT2D eigenvalue weighted by molar-refractivity contribution is -0.148. The normalized spacial score (nSPS) is 26.5. The first-order chi connectivity index (χ1) is 12.8. The topological polar surface area (TPSA) is 105 Å². The third-order valence-corrected chi connectivity index (χ3v) is 5.52. The van der Waals surface area contributed by atoms with Crippen LogP contribution in [0.5, 0.6) is 5.75 Å². The van der Waals surface area contributed by atoms with E-state index in [0.717, 1.165) is 11.1 Å². The molecule has 2 bridgehead atoms. The zero-order valence-corrected chi connectivity index (χ0v) is 15.6. The lowest BCUT2D eigenvalue weighted by Crippen LogP contribution is -2.51. The Morgan fingerprint density at radius 3 is 2.37 bits per heavy atom. The SMILES string of the molecule is Cc1ccc(O[C@H](C)C(=O)NNC(=O)[C@H]2[C@H](C(=O)O)[C@H]3C=C[C@H]2C3)cc1C. The summed E-state index contributed by atoms with van der Waals surface area (Å²) in [6, 6.07) is 5.53. The van der Waals surface area contributed by atoms with Crippen LogP contribution in [-0.4, -0.2) is 29.0 Å². The summed E-state index contributed by atoms with van der Waals surface area (Å²) < 4.78 is 5.61. The molecule has 0 spiro atoms. The van der Waals surface area contributed by atoms with Crippen LogP contribution in [0, 0.1) is 37.5 Å². The van der Waals surface area contributed by atoms with Gasteiger partial charge in [0.2, 0.25) is 5.91 Å². The molecule has 0 unspecified atom stereocenters. The minimum Gasteiger partial charge on any atom is -0.481 e. The van der Waals surface area contributed by atoms with Crippen LogP contribution in [0.3, 0.4) is 0 Å². The number of rotatable bonds is 5. The van der Waals surface area contributed by atoms with Crippen molar-refractivity contribution in [2.24, 2.45) is 23.7 Å². The highest BCUT2D eigenvalue weighted by Gasteiger charge is 2.51. The van der Waals surface area contributed by atoms with Gasteiger partial charge in [0.05, 0.1) is 11.8 Å². The van der Waals surface area contributed by atoms with Crippen LogP contribution < -0.4 is 15.6 Å². The molecule has 27 heavy (non-hydrogen) atoms. The van der Waals surface area contributed by atoms with Gasteiger partial charge in [-0.3, -0.25) is 25.2 Å². The second-order valence-electron chi connectivity index (χ2n) is 7.32. The second-order valence-corrected chi connectivity index (χ2v) is 7.32. The van der Waals surface area contributed by atoms with E-state index in [-0.39, 0.29) is 11.8 Å². The Hall–Kier alpha value is -2.83. The second kappa shape index (κ2) is 7.42. The van der Waals surface area contributed by atoms with Crippen molar-refractivity contribution in [3.63, 3.8) is 0 Å². The van der Waals surface area contributed by atoms with Gasteiger partial charge in [0, 0.05) is 0 Å². The molecule has 2 aliphatic rings. The van der Waals surface area contributed by atoms with Crippen LogP contribution >= 0.6 is 0 Å². The highest BCUT2D eigenvalue weighted by Crippen LogP contribution is 2.48. The number of carboxylic acids is 1. The number of hydrazine groups is 1. The van der Waals surface area contributed by atoms with Crippen molar-refractivity contribution in [2.75, 3.05) is 0 Å². The number of aryl methyl sites for hydroxylation is 2. The van der Waals surface area contributed by atoms with Crippen molar-refractivity contribution >= 4 is 17.8 Å². The van der Waals surface area contributed by atoms with Gasteiger partial charge in [-0.1, -0.05) is 18.2 Å². The van der Waals surface area contributed by atoms with Crippen LogP contribution in [-0.2, 0) is 14.4 Å². The first-order valence-electron chi connectivity index (χ1n) is 9.02.